The molecule has 118 valence electrons. The Bertz CT molecular complexity index is 406. The Morgan fingerprint density at radius 3 is 3.05 bits per heavy atom. The van der Waals surface area contributed by atoms with Crippen molar-refractivity contribution in [3.05, 3.63) is 35.6 Å². The maximum atomic E-state index is 13.4. The predicted octanol–water partition coefficient (Wildman–Crippen LogP) is 2.98. The Hall–Kier alpha value is -0.970. The first-order chi connectivity index (χ1) is 10.3. The third kappa shape index (κ3) is 5.73. The van der Waals surface area contributed by atoms with Crippen molar-refractivity contribution in [2.75, 3.05) is 39.4 Å². The van der Waals surface area contributed by atoms with Gasteiger partial charge in [0.25, 0.3) is 0 Å². The number of ether oxygens (including phenoxy) is 1. The normalized spacial score (nSPS) is 18.4. The molecule has 3 nitrogen and oxygen atoms in total. The molecule has 1 aromatic rings. The summed E-state index contributed by atoms with van der Waals surface area (Å²) in [5.74, 6) is -0.154. The van der Waals surface area contributed by atoms with E-state index in [1.807, 2.05) is 6.07 Å². The second-order valence-corrected chi connectivity index (χ2v) is 5.66. The van der Waals surface area contributed by atoms with E-state index in [4.69, 9.17) is 4.74 Å². The molecular formula is C17H27FN2O. The molecule has 0 aliphatic carbocycles. The van der Waals surface area contributed by atoms with Gasteiger partial charge in [-0.25, -0.2) is 4.39 Å². The first-order valence-electron chi connectivity index (χ1n) is 8.08. The van der Waals surface area contributed by atoms with Gasteiger partial charge in [0, 0.05) is 32.3 Å². The highest BCUT2D eigenvalue weighted by molar-refractivity contribution is 5.20. The zero-order chi connectivity index (χ0) is 14.9. The fourth-order valence-corrected chi connectivity index (χ4v) is 2.76. The first kappa shape index (κ1) is 16.4. The molecule has 1 aliphatic heterocycles. The average Bonchev–Trinajstić information content (AvgIpc) is 2.76. The van der Waals surface area contributed by atoms with Gasteiger partial charge in [-0.3, -0.25) is 0 Å². The number of hydrogen-bond donors (Lipinski definition) is 1. The van der Waals surface area contributed by atoms with Gasteiger partial charge in [-0.2, -0.15) is 0 Å². The van der Waals surface area contributed by atoms with E-state index in [9.17, 15) is 4.39 Å². The van der Waals surface area contributed by atoms with Gasteiger partial charge in [0.1, 0.15) is 5.82 Å². The molecule has 0 spiro atoms. The maximum absolute atomic E-state index is 13.4. The fourth-order valence-electron chi connectivity index (χ4n) is 2.76. The molecule has 1 heterocycles. The second-order valence-electron chi connectivity index (χ2n) is 5.66. The molecule has 0 aromatic heterocycles. The summed E-state index contributed by atoms with van der Waals surface area (Å²) in [7, 11) is 0. The Kier molecular flexibility index (Phi) is 7.13. The molecule has 1 fully saturated rings. The van der Waals surface area contributed by atoms with E-state index >= 15 is 0 Å². The van der Waals surface area contributed by atoms with E-state index < -0.39 is 0 Å². The molecule has 4 heteroatoms. The summed E-state index contributed by atoms with van der Waals surface area (Å²) in [6, 6.07) is 7.20. The summed E-state index contributed by atoms with van der Waals surface area (Å²) in [5, 5.41) is 3.54. The lowest BCUT2D eigenvalue weighted by Gasteiger charge is -2.24. The summed E-state index contributed by atoms with van der Waals surface area (Å²) in [6.07, 6.45) is 3.19. The molecule has 21 heavy (non-hydrogen) atoms. The van der Waals surface area contributed by atoms with Crippen LogP contribution in [0.4, 0.5) is 4.39 Å². The van der Waals surface area contributed by atoms with E-state index in [2.05, 4.69) is 17.1 Å². The second kappa shape index (κ2) is 9.13. The lowest BCUT2D eigenvalue weighted by Crippen LogP contribution is -2.31. The molecule has 1 aliphatic rings. The van der Waals surface area contributed by atoms with Gasteiger partial charge in [-0.15, -0.1) is 0 Å². The highest BCUT2D eigenvalue weighted by Gasteiger charge is 2.15. The van der Waals surface area contributed by atoms with Crippen molar-refractivity contribution >= 4 is 0 Å². The van der Waals surface area contributed by atoms with Gasteiger partial charge >= 0.3 is 0 Å². The number of benzene rings is 1. The number of hydrogen-bond acceptors (Lipinski definition) is 3. The van der Waals surface area contributed by atoms with Crippen molar-refractivity contribution in [3.8, 4) is 0 Å². The van der Waals surface area contributed by atoms with Crippen LogP contribution in [-0.2, 0) is 4.74 Å². The van der Waals surface area contributed by atoms with Crippen LogP contribution < -0.4 is 5.32 Å². The minimum Gasteiger partial charge on any atom is -0.380 e. The summed E-state index contributed by atoms with van der Waals surface area (Å²) in [6.45, 7) is 7.95. The maximum Gasteiger partial charge on any atom is 0.123 e. The molecule has 2 rings (SSSR count). The minimum absolute atomic E-state index is 0.154. The Morgan fingerprint density at radius 2 is 2.24 bits per heavy atom. The smallest absolute Gasteiger partial charge is 0.123 e. The highest BCUT2D eigenvalue weighted by atomic mass is 19.1. The van der Waals surface area contributed by atoms with Crippen LogP contribution in [0, 0.1) is 5.82 Å². The number of nitrogens with zero attached hydrogens (tertiary/aromatic N) is 1. The van der Waals surface area contributed by atoms with Crippen LogP contribution in [0.15, 0.2) is 24.3 Å². The summed E-state index contributed by atoms with van der Waals surface area (Å²) < 4.78 is 18.9. The van der Waals surface area contributed by atoms with Crippen LogP contribution in [0.25, 0.3) is 0 Å². The Labute approximate surface area is 127 Å². The van der Waals surface area contributed by atoms with Crippen molar-refractivity contribution in [2.24, 2.45) is 0 Å². The van der Waals surface area contributed by atoms with E-state index in [-0.39, 0.29) is 11.9 Å². The largest absolute Gasteiger partial charge is 0.380 e. The van der Waals surface area contributed by atoms with Crippen LogP contribution >= 0.6 is 0 Å². The molecule has 1 aromatic carbocycles. The van der Waals surface area contributed by atoms with Crippen molar-refractivity contribution < 1.29 is 9.13 Å². The van der Waals surface area contributed by atoms with Gasteiger partial charge < -0.3 is 15.0 Å². The zero-order valence-electron chi connectivity index (χ0n) is 13.0. The van der Waals surface area contributed by atoms with Crippen LogP contribution in [-0.4, -0.2) is 44.3 Å². The molecule has 0 bridgehead atoms. The van der Waals surface area contributed by atoms with Crippen LogP contribution in [0.3, 0.4) is 0 Å². The standard InChI is InChI=1S/C17H27FN2O/c1-2-8-19-17(15-5-3-6-16(18)14-15)7-10-20-9-4-12-21-13-11-20/h3,5-6,14,17,19H,2,4,7-13H2,1H3. The molecule has 1 saturated heterocycles. The summed E-state index contributed by atoms with van der Waals surface area (Å²) >= 11 is 0. The Morgan fingerprint density at radius 1 is 1.33 bits per heavy atom. The van der Waals surface area contributed by atoms with E-state index in [0.717, 1.165) is 64.2 Å². The number of halogens is 1. The molecule has 0 amide bonds. The third-order valence-electron chi connectivity index (χ3n) is 3.94. The SMILES string of the molecule is CCCNC(CCN1CCCOCC1)c1cccc(F)c1. The van der Waals surface area contributed by atoms with Gasteiger partial charge in [0.2, 0.25) is 0 Å². The molecule has 0 radical (unpaired) electrons. The predicted molar refractivity (Wildman–Crippen MR) is 83.9 cm³/mol. The zero-order valence-corrected chi connectivity index (χ0v) is 13.0. The van der Waals surface area contributed by atoms with Gasteiger partial charge in [0.05, 0.1) is 6.61 Å². The average molecular weight is 294 g/mol. The molecule has 1 unspecified atom stereocenters. The quantitative estimate of drug-likeness (QED) is 0.837. The number of rotatable bonds is 7. The van der Waals surface area contributed by atoms with E-state index in [1.54, 1.807) is 12.1 Å². The topological polar surface area (TPSA) is 24.5 Å². The minimum atomic E-state index is -0.154. The summed E-state index contributed by atoms with van der Waals surface area (Å²) in [4.78, 5) is 2.45. The van der Waals surface area contributed by atoms with Crippen LogP contribution in [0.5, 0.6) is 0 Å². The monoisotopic (exact) mass is 294 g/mol. The van der Waals surface area contributed by atoms with Crippen molar-refractivity contribution in [1.82, 2.24) is 10.2 Å². The van der Waals surface area contributed by atoms with Crippen molar-refractivity contribution in [1.29, 1.82) is 0 Å². The fraction of sp³-hybridized carbons (Fsp3) is 0.647. The highest BCUT2D eigenvalue weighted by Crippen LogP contribution is 2.18. The van der Waals surface area contributed by atoms with Crippen LogP contribution in [0.1, 0.15) is 37.8 Å². The lowest BCUT2D eigenvalue weighted by molar-refractivity contribution is 0.140. The van der Waals surface area contributed by atoms with Gasteiger partial charge in [-0.1, -0.05) is 19.1 Å². The molecule has 1 N–H and O–H groups in total. The van der Waals surface area contributed by atoms with Crippen molar-refractivity contribution in [2.45, 2.75) is 32.2 Å². The summed E-state index contributed by atoms with van der Waals surface area (Å²) in [5.41, 5.74) is 1.05. The number of nitrogens with one attached hydrogen (secondary N) is 1. The van der Waals surface area contributed by atoms with Gasteiger partial charge in [0.15, 0.2) is 0 Å². The van der Waals surface area contributed by atoms with Crippen molar-refractivity contribution in [3.63, 3.8) is 0 Å². The van der Waals surface area contributed by atoms with E-state index in [0.29, 0.717) is 0 Å². The van der Waals surface area contributed by atoms with Crippen LogP contribution in [0.2, 0.25) is 0 Å². The third-order valence-corrected chi connectivity index (χ3v) is 3.94. The van der Waals surface area contributed by atoms with Gasteiger partial charge in [-0.05, 0) is 43.5 Å². The van der Waals surface area contributed by atoms with E-state index in [1.165, 1.54) is 6.07 Å². The first-order valence-corrected chi connectivity index (χ1v) is 8.08. The molecule has 1 atom stereocenters. The Balaban J connectivity index is 1.92. The lowest BCUT2D eigenvalue weighted by atomic mass is 10.0. The molecule has 0 saturated carbocycles. The molecular weight excluding hydrogens is 267 g/mol.